The Morgan fingerprint density at radius 3 is 2.48 bits per heavy atom. The number of hydrogen-bond donors (Lipinski definition) is 2. The van der Waals surface area contributed by atoms with Crippen LogP contribution < -0.4 is 5.32 Å². The molecule has 0 aliphatic carbocycles. The highest BCUT2D eigenvalue weighted by Crippen LogP contribution is 2.25. The van der Waals surface area contributed by atoms with E-state index in [-0.39, 0.29) is 17.5 Å². The molecular weight excluding hydrogens is 288 g/mol. The number of sulfonamides is 1. The fraction of sp³-hybridized carbons (Fsp3) is 0.600. The summed E-state index contributed by atoms with van der Waals surface area (Å²) >= 11 is 0. The topological polar surface area (TPSA) is 69.6 Å². The van der Waals surface area contributed by atoms with Crippen molar-refractivity contribution < 1.29 is 13.5 Å². The van der Waals surface area contributed by atoms with Gasteiger partial charge in [0.15, 0.2) is 0 Å². The molecule has 0 saturated carbocycles. The van der Waals surface area contributed by atoms with Crippen molar-refractivity contribution in [2.24, 2.45) is 0 Å². The zero-order chi connectivity index (χ0) is 16.3. The lowest BCUT2D eigenvalue weighted by atomic mass is 10.1. The molecule has 120 valence electrons. The Kier molecular flexibility index (Phi) is 5.92. The molecular formula is C15H26N2O3S. The van der Waals surface area contributed by atoms with Crippen LogP contribution in [0.25, 0.3) is 0 Å². The Labute approximate surface area is 128 Å². The molecule has 1 aromatic carbocycles. The fourth-order valence-corrected chi connectivity index (χ4v) is 3.64. The van der Waals surface area contributed by atoms with E-state index in [2.05, 4.69) is 5.32 Å². The van der Waals surface area contributed by atoms with Gasteiger partial charge < -0.3 is 10.4 Å². The van der Waals surface area contributed by atoms with Gasteiger partial charge in [-0.05, 0) is 45.0 Å². The van der Waals surface area contributed by atoms with Gasteiger partial charge in [-0.3, -0.25) is 0 Å². The van der Waals surface area contributed by atoms with Crippen LogP contribution >= 0.6 is 0 Å². The summed E-state index contributed by atoms with van der Waals surface area (Å²) in [5.41, 5.74) is 0.0958. The molecule has 1 rings (SSSR count). The molecule has 0 aliphatic heterocycles. The third-order valence-corrected chi connectivity index (χ3v) is 5.98. The van der Waals surface area contributed by atoms with Crippen LogP contribution in [0.2, 0.25) is 0 Å². The molecule has 0 heterocycles. The highest BCUT2D eigenvalue weighted by atomic mass is 32.2. The summed E-state index contributed by atoms with van der Waals surface area (Å²) in [6.07, 6.45) is 0.873. The van der Waals surface area contributed by atoms with E-state index < -0.39 is 15.6 Å². The van der Waals surface area contributed by atoms with Crippen LogP contribution in [0.15, 0.2) is 29.2 Å². The van der Waals surface area contributed by atoms with Gasteiger partial charge in [0.05, 0.1) is 17.0 Å². The Balaban J connectivity index is 3.24. The summed E-state index contributed by atoms with van der Waals surface area (Å²) in [6.45, 7) is 5.19. The Hall–Kier alpha value is -0.950. The second kappa shape index (κ2) is 6.87. The first kappa shape index (κ1) is 18.1. The van der Waals surface area contributed by atoms with E-state index in [1.54, 1.807) is 32.0 Å². The second-order valence-electron chi connectivity index (χ2n) is 5.77. The largest absolute Gasteiger partial charge is 0.394 e. The van der Waals surface area contributed by atoms with E-state index in [4.69, 9.17) is 0 Å². The van der Waals surface area contributed by atoms with Crippen LogP contribution in [0.4, 0.5) is 0 Å². The number of nitrogens with zero attached hydrogens (tertiary/aromatic N) is 1. The third-order valence-electron chi connectivity index (χ3n) is 3.91. The number of nitrogens with one attached hydrogen (secondary N) is 1. The molecule has 1 unspecified atom stereocenters. The smallest absolute Gasteiger partial charge is 0.243 e. The maximum absolute atomic E-state index is 12.7. The zero-order valence-electron chi connectivity index (χ0n) is 13.4. The summed E-state index contributed by atoms with van der Waals surface area (Å²) in [4.78, 5) is 0.248. The van der Waals surface area contributed by atoms with Crippen LogP contribution in [-0.4, -0.2) is 44.1 Å². The Morgan fingerprint density at radius 1 is 1.38 bits per heavy atom. The lowest BCUT2D eigenvalue weighted by Crippen LogP contribution is -2.47. The van der Waals surface area contributed by atoms with E-state index in [0.717, 1.165) is 12.0 Å². The van der Waals surface area contributed by atoms with Gasteiger partial charge in [-0.2, -0.15) is 4.31 Å². The van der Waals surface area contributed by atoms with Crippen molar-refractivity contribution in [3.05, 3.63) is 29.8 Å². The average Bonchev–Trinajstić information content (AvgIpc) is 2.48. The molecule has 6 heteroatoms. The molecule has 21 heavy (non-hydrogen) atoms. The van der Waals surface area contributed by atoms with Crippen LogP contribution in [0.1, 0.15) is 38.8 Å². The van der Waals surface area contributed by atoms with Crippen LogP contribution in [0.5, 0.6) is 0 Å². The molecule has 1 aromatic rings. The molecule has 0 spiro atoms. The molecule has 0 saturated heterocycles. The van der Waals surface area contributed by atoms with Gasteiger partial charge >= 0.3 is 0 Å². The lowest BCUT2D eigenvalue weighted by molar-refractivity contribution is 0.138. The van der Waals surface area contributed by atoms with Gasteiger partial charge in [-0.1, -0.05) is 19.1 Å². The maximum Gasteiger partial charge on any atom is 0.243 e. The number of hydrogen-bond acceptors (Lipinski definition) is 4. The highest BCUT2D eigenvalue weighted by molar-refractivity contribution is 7.89. The number of benzene rings is 1. The van der Waals surface area contributed by atoms with Gasteiger partial charge in [-0.15, -0.1) is 0 Å². The monoisotopic (exact) mass is 314 g/mol. The molecule has 0 amide bonds. The molecule has 0 radical (unpaired) electrons. The predicted molar refractivity (Wildman–Crippen MR) is 84.6 cm³/mol. The minimum atomic E-state index is -3.64. The van der Waals surface area contributed by atoms with Crippen molar-refractivity contribution in [2.45, 2.75) is 43.7 Å². The molecule has 0 aromatic heterocycles. The first-order chi connectivity index (χ1) is 9.70. The van der Waals surface area contributed by atoms with Crippen molar-refractivity contribution in [3.8, 4) is 0 Å². The molecule has 0 bridgehead atoms. The van der Waals surface area contributed by atoms with Crippen molar-refractivity contribution in [1.82, 2.24) is 9.62 Å². The van der Waals surface area contributed by atoms with Gasteiger partial charge in [0.25, 0.3) is 0 Å². The van der Waals surface area contributed by atoms with Crippen LogP contribution in [0, 0.1) is 0 Å². The first-order valence-electron chi connectivity index (χ1n) is 7.07. The maximum atomic E-state index is 12.7. The highest BCUT2D eigenvalue weighted by Gasteiger charge is 2.33. The third kappa shape index (κ3) is 3.83. The normalized spacial score (nSPS) is 14.4. The predicted octanol–water partition coefficient (Wildman–Crippen LogP) is 1.75. The number of likely N-dealkylation sites (N-methyl/N-ethyl adjacent to an activating group) is 1. The molecule has 0 fully saturated rings. The summed E-state index contributed by atoms with van der Waals surface area (Å²) in [5.74, 6) is 0. The van der Waals surface area contributed by atoms with E-state index in [1.807, 2.05) is 20.0 Å². The van der Waals surface area contributed by atoms with E-state index >= 15 is 0 Å². The minimum absolute atomic E-state index is 0.122. The van der Waals surface area contributed by atoms with Crippen molar-refractivity contribution in [1.29, 1.82) is 0 Å². The van der Waals surface area contributed by atoms with Crippen LogP contribution in [-0.2, 0) is 10.0 Å². The lowest BCUT2D eigenvalue weighted by Gasteiger charge is -2.33. The van der Waals surface area contributed by atoms with Crippen LogP contribution in [0.3, 0.4) is 0 Å². The standard InChI is InChI=1S/C15H26N2O3S/c1-6-14(16-4)12-8-7-9-13(10-12)21(19,20)17(5)15(2,3)11-18/h7-10,14,16,18H,6,11H2,1-5H3. The van der Waals surface area contributed by atoms with E-state index in [1.165, 1.54) is 11.4 Å². The molecule has 2 N–H and O–H groups in total. The summed E-state index contributed by atoms with van der Waals surface area (Å²) in [7, 11) is -0.285. The van der Waals surface area contributed by atoms with Gasteiger partial charge in [0.1, 0.15) is 0 Å². The quantitative estimate of drug-likeness (QED) is 0.804. The number of rotatable bonds is 7. The molecule has 5 nitrogen and oxygen atoms in total. The summed E-state index contributed by atoms with van der Waals surface area (Å²) in [6, 6.07) is 7.08. The van der Waals surface area contributed by atoms with Gasteiger partial charge in [-0.25, -0.2) is 8.42 Å². The number of aliphatic hydroxyl groups is 1. The molecule has 1 atom stereocenters. The zero-order valence-corrected chi connectivity index (χ0v) is 14.2. The minimum Gasteiger partial charge on any atom is -0.394 e. The molecule has 0 aliphatic rings. The first-order valence-corrected chi connectivity index (χ1v) is 8.51. The Morgan fingerprint density at radius 2 is 2.00 bits per heavy atom. The van der Waals surface area contributed by atoms with Crippen molar-refractivity contribution in [2.75, 3.05) is 20.7 Å². The average molecular weight is 314 g/mol. The summed E-state index contributed by atoms with van der Waals surface area (Å²) < 4.78 is 26.6. The summed E-state index contributed by atoms with van der Waals surface area (Å²) in [5, 5.41) is 12.5. The fourth-order valence-electron chi connectivity index (χ4n) is 2.08. The Bertz CT molecular complexity index is 566. The second-order valence-corrected chi connectivity index (χ2v) is 7.73. The van der Waals surface area contributed by atoms with E-state index in [0.29, 0.717) is 0 Å². The van der Waals surface area contributed by atoms with Crippen molar-refractivity contribution in [3.63, 3.8) is 0 Å². The SMILES string of the molecule is CCC(NC)c1cccc(S(=O)(=O)N(C)C(C)(C)CO)c1. The van der Waals surface area contributed by atoms with E-state index in [9.17, 15) is 13.5 Å². The van der Waals surface area contributed by atoms with Gasteiger partial charge in [0, 0.05) is 13.1 Å². The van der Waals surface area contributed by atoms with Gasteiger partial charge in [0.2, 0.25) is 10.0 Å². The van der Waals surface area contributed by atoms with Crippen molar-refractivity contribution >= 4 is 10.0 Å². The number of aliphatic hydroxyl groups excluding tert-OH is 1.